The number of carboxylic acids is 1. The highest BCUT2D eigenvalue weighted by Gasteiger charge is 2.16. The molecule has 2 aromatic carbocycles. The number of rotatable bonds is 4. The van der Waals surface area contributed by atoms with Gasteiger partial charge in [-0.1, -0.05) is 36.4 Å². The second kappa shape index (κ2) is 5.52. The normalized spacial score (nSPS) is 12.1. The second-order valence-corrected chi connectivity index (χ2v) is 4.46. The van der Waals surface area contributed by atoms with Gasteiger partial charge in [0.1, 0.15) is 0 Å². The number of aliphatic carboxylic acids is 1. The average molecular weight is 257 g/mol. The number of hydrogen-bond acceptors (Lipinski definition) is 2. The zero-order chi connectivity index (χ0) is 13.8. The highest BCUT2D eigenvalue weighted by molar-refractivity contribution is 5.83. The van der Waals surface area contributed by atoms with E-state index in [-0.39, 0.29) is 12.3 Å². The fourth-order valence-corrected chi connectivity index (χ4v) is 2.10. The van der Waals surface area contributed by atoms with Crippen LogP contribution in [0.3, 0.4) is 0 Å². The molecule has 0 saturated carbocycles. The molecule has 0 saturated heterocycles. The number of amides is 1. The predicted molar refractivity (Wildman–Crippen MR) is 72.8 cm³/mol. The smallest absolute Gasteiger partial charge is 0.305 e. The standard InChI is InChI=1S/C15H15NO3/c1-10(17)16-14(9-15(18)19)13-7-6-11-4-2-3-5-12(11)8-13/h2-8,14H,9H2,1H3,(H,16,17)(H,18,19). The molecule has 1 unspecified atom stereocenters. The van der Waals surface area contributed by atoms with E-state index in [4.69, 9.17) is 5.11 Å². The lowest BCUT2D eigenvalue weighted by Crippen LogP contribution is -2.27. The van der Waals surface area contributed by atoms with Crippen molar-refractivity contribution in [2.24, 2.45) is 0 Å². The van der Waals surface area contributed by atoms with Gasteiger partial charge in [0.25, 0.3) is 0 Å². The van der Waals surface area contributed by atoms with E-state index < -0.39 is 12.0 Å². The molecule has 98 valence electrons. The zero-order valence-corrected chi connectivity index (χ0v) is 10.6. The van der Waals surface area contributed by atoms with E-state index in [0.717, 1.165) is 16.3 Å². The molecule has 0 aliphatic carbocycles. The van der Waals surface area contributed by atoms with E-state index in [1.165, 1.54) is 6.92 Å². The minimum atomic E-state index is -0.938. The number of hydrogen-bond donors (Lipinski definition) is 2. The number of carbonyl (C=O) groups excluding carboxylic acids is 1. The Kier molecular flexibility index (Phi) is 3.80. The quantitative estimate of drug-likeness (QED) is 0.884. The molecule has 1 amide bonds. The number of carbonyl (C=O) groups is 2. The average Bonchev–Trinajstić information content (AvgIpc) is 2.36. The Morgan fingerprint density at radius 2 is 1.84 bits per heavy atom. The Labute approximate surface area is 111 Å². The summed E-state index contributed by atoms with van der Waals surface area (Å²) < 4.78 is 0. The third kappa shape index (κ3) is 3.31. The number of benzene rings is 2. The number of fused-ring (bicyclic) bond motifs is 1. The van der Waals surface area contributed by atoms with Crippen molar-refractivity contribution in [3.63, 3.8) is 0 Å². The van der Waals surface area contributed by atoms with Crippen LogP contribution in [0.5, 0.6) is 0 Å². The summed E-state index contributed by atoms with van der Waals surface area (Å²) in [7, 11) is 0. The lowest BCUT2D eigenvalue weighted by molar-refractivity contribution is -0.137. The van der Waals surface area contributed by atoms with Gasteiger partial charge in [0.05, 0.1) is 12.5 Å². The monoisotopic (exact) mass is 257 g/mol. The van der Waals surface area contributed by atoms with Crippen LogP contribution in [0.2, 0.25) is 0 Å². The molecule has 0 bridgehead atoms. The second-order valence-electron chi connectivity index (χ2n) is 4.46. The van der Waals surface area contributed by atoms with E-state index in [1.54, 1.807) is 0 Å². The Hall–Kier alpha value is -2.36. The lowest BCUT2D eigenvalue weighted by atomic mass is 9.99. The van der Waals surface area contributed by atoms with Crippen molar-refractivity contribution in [1.29, 1.82) is 0 Å². The van der Waals surface area contributed by atoms with Crippen LogP contribution in [-0.4, -0.2) is 17.0 Å². The largest absolute Gasteiger partial charge is 0.481 e. The first-order chi connectivity index (χ1) is 9.06. The van der Waals surface area contributed by atoms with Gasteiger partial charge >= 0.3 is 5.97 Å². The van der Waals surface area contributed by atoms with Gasteiger partial charge in [-0.25, -0.2) is 0 Å². The molecule has 0 heterocycles. The van der Waals surface area contributed by atoms with Gasteiger partial charge in [0.15, 0.2) is 0 Å². The molecule has 4 heteroatoms. The third-order valence-corrected chi connectivity index (χ3v) is 2.93. The molecule has 0 radical (unpaired) electrons. The summed E-state index contributed by atoms with van der Waals surface area (Å²) in [6, 6.07) is 13.0. The molecular weight excluding hydrogens is 242 g/mol. The van der Waals surface area contributed by atoms with Crippen LogP contribution in [0.15, 0.2) is 42.5 Å². The summed E-state index contributed by atoms with van der Waals surface area (Å²) in [5.74, 6) is -1.17. The van der Waals surface area contributed by atoms with Crippen molar-refractivity contribution < 1.29 is 14.7 Å². The first-order valence-electron chi connectivity index (χ1n) is 6.04. The molecule has 0 aromatic heterocycles. The third-order valence-electron chi connectivity index (χ3n) is 2.93. The van der Waals surface area contributed by atoms with E-state index in [0.29, 0.717) is 0 Å². The van der Waals surface area contributed by atoms with Crippen LogP contribution in [0.1, 0.15) is 24.9 Å². The molecule has 1 atom stereocenters. The molecular formula is C15H15NO3. The molecule has 19 heavy (non-hydrogen) atoms. The summed E-state index contributed by atoms with van der Waals surface area (Å²) in [5, 5.41) is 13.7. The fourth-order valence-electron chi connectivity index (χ4n) is 2.10. The topological polar surface area (TPSA) is 66.4 Å². The van der Waals surface area contributed by atoms with Crippen molar-refractivity contribution in [2.75, 3.05) is 0 Å². The summed E-state index contributed by atoms with van der Waals surface area (Å²) in [5.41, 5.74) is 0.802. The van der Waals surface area contributed by atoms with Crippen molar-refractivity contribution in [3.05, 3.63) is 48.0 Å². The number of nitrogens with one attached hydrogen (secondary N) is 1. The highest BCUT2D eigenvalue weighted by atomic mass is 16.4. The SMILES string of the molecule is CC(=O)NC(CC(=O)O)c1ccc2ccccc2c1. The van der Waals surface area contributed by atoms with E-state index in [1.807, 2.05) is 42.5 Å². The fraction of sp³-hybridized carbons (Fsp3) is 0.200. The summed E-state index contributed by atoms with van der Waals surface area (Å²) >= 11 is 0. The van der Waals surface area contributed by atoms with Crippen LogP contribution in [0.25, 0.3) is 10.8 Å². The van der Waals surface area contributed by atoms with E-state index in [9.17, 15) is 9.59 Å². The minimum absolute atomic E-state index is 0.127. The lowest BCUT2D eigenvalue weighted by Gasteiger charge is -2.16. The van der Waals surface area contributed by atoms with Gasteiger partial charge in [-0.2, -0.15) is 0 Å². The van der Waals surface area contributed by atoms with Crippen LogP contribution >= 0.6 is 0 Å². The molecule has 0 aliphatic rings. The first kappa shape index (κ1) is 13.1. The van der Waals surface area contributed by atoms with Crippen LogP contribution < -0.4 is 5.32 Å². The molecule has 2 N–H and O–H groups in total. The Morgan fingerprint density at radius 3 is 2.47 bits per heavy atom. The minimum Gasteiger partial charge on any atom is -0.481 e. The van der Waals surface area contributed by atoms with Crippen molar-refractivity contribution in [3.8, 4) is 0 Å². The van der Waals surface area contributed by atoms with Gasteiger partial charge < -0.3 is 10.4 Å². The van der Waals surface area contributed by atoms with Crippen molar-refractivity contribution >= 4 is 22.6 Å². The summed E-state index contributed by atoms with van der Waals surface area (Å²) in [6.45, 7) is 1.38. The molecule has 0 fully saturated rings. The van der Waals surface area contributed by atoms with Gasteiger partial charge in [-0.05, 0) is 22.4 Å². The zero-order valence-electron chi connectivity index (χ0n) is 10.6. The Bertz CT molecular complexity index is 606. The van der Waals surface area contributed by atoms with E-state index in [2.05, 4.69) is 5.32 Å². The Balaban J connectivity index is 2.37. The predicted octanol–water partition coefficient (Wildman–Crippen LogP) is 2.49. The maximum Gasteiger partial charge on any atom is 0.305 e. The maximum atomic E-state index is 11.2. The molecule has 0 aliphatic heterocycles. The molecule has 0 spiro atoms. The highest BCUT2D eigenvalue weighted by Crippen LogP contribution is 2.22. The van der Waals surface area contributed by atoms with E-state index >= 15 is 0 Å². The number of carboxylic acid groups (broad SMARTS) is 1. The van der Waals surface area contributed by atoms with Crippen LogP contribution in [0, 0.1) is 0 Å². The van der Waals surface area contributed by atoms with Crippen LogP contribution in [-0.2, 0) is 9.59 Å². The molecule has 4 nitrogen and oxygen atoms in total. The summed E-state index contributed by atoms with van der Waals surface area (Å²) in [4.78, 5) is 22.0. The van der Waals surface area contributed by atoms with Crippen molar-refractivity contribution in [2.45, 2.75) is 19.4 Å². The summed E-state index contributed by atoms with van der Waals surface area (Å²) in [6.07, 6.45) is -0.127. The van der Waals surface area contributed by atoms with Crippen LogP contribution in [0.4, 0.5) is 0 Å². The van der Waals surface area contributed by atoms with Crippen molar-refractivity contribution in [1.82, 2.24) is 5.32 Å². The molecule has 2 rings (SSSR count). The molecule has 2 aromatic rings. The van der Waals surface area contributed by atoms with Gasteiger partial charge in [0, 0.05) is 6.92 Å². The van der Waals surface area contributed by atoms with Gasteiger partial charge in [-0.3, -0.25) is 9.59 Å². The van der Waals surface area contributed by atoms with Gasteiger partial charge in [-0.15, -0.1) is 0 Å². The van der Waals surface area contributed by atoms with Gasteiger partial charge in [0.2, 0.25) is 5.91 Å². The first-order valence-corrected chi connectivity index (χ1v) is 6.04. The Morgan fingerprint density at radius 1 is 1.16 bits per heavy atom. The maximum absolute atomic E-state index is 11.2.